The predicted octanol–water partition coefficient (Wildman–Crippen LogP) is 4.97. The van der Waals surface area contributed by atoms with Crippen molar-refractivity contribution < 1.29 is 0 Å². The molecule has 122 valence electrons. The number of fused-ring (bicyclic) bond motifs is 4. The van der Waals surface area contributed by atoms with E-state index in [1.165, 1.54) is 9.75 Å². The van der Waals surface area contributed by atoms with Gasteiger partial charge in [0.1, 0.15) is 11.4 Å². The van der Waals surface area contributed by atoms with Gasteiger partial charge in [0.2, 0.25) is 6.19 Å². The second-order valence-corrected chi connectivity index (χ2v) is 7.43. The number of aliphatic imine (C=N–C) groups is 1. The molecule has 0 radical (unpaired) electrons. The zero-order valence-corrected chi connectivity index (χ0v) is 14.7. The zero-order valence-electron chi connectivity index (χ0n) is 13.9. The van der Waals surface area contributed by atoms with Crippen LogP contribution in [0.1, 0.15) is 16.1 Å². The van der Waals surface area contributed by atoms with Crippen LogP contribution in [-0.2, 0) is 0 Å². The normalized spacial score (nSPS) is 13.6. The van der Waals surface area contributed by atoms with E-state index in [4.69, 9.17) is 15.2 Å². The highest BCUT2D eigenvalue weighted by atomic mass is 32.1. The van der Waals surface area contributed by atoms with Crippen LogP contribution in [0.3, 0.4) is 0 Å². The van der Waals surface area contributed by atoms with Crippen LogP contribution in [-0.4, -0.2) is 15.7 Å². The highest BCUT2D eigenvalue weighted by Crippen LogP contribution is 2.36. The lowest BCUT2D eigenvalue weighted by atomic mass is 10.1. The third-order valence-electron chi connectivity index (χ3n) is 4.51. The molecule has 0 aliphatic heterocycles. The molecular weight excluding hydrogens is 340 g/mol. The Balaban J connectivity index is 1.76. The number of hydrogen-bond acceptors (Lipinski definition) is 5. The summed E-state index contributed by atoms with van der Waals surface area (Å²) in [6.45, 7) is 2.11. The first-order chi connectivity index (χ1) is 12.7. The van der Waals surface area contributed by atoms with Gasteiger partial charge < -0.3 is 0 Å². The van der Waals surface area contributed by atoms with Crippen molar-refractivity contribution in [3.8, 4) is 27.9 Å². The summed E-state index contributed by atoms with van der Waals surface area (Å²) >= 11 is 1.77. The number of aryl methyl sites for hydroxylation is 1. The van der Waals surface area contributed by atoms with Crippen molar-refractivity contribution in [2.45, 2.75) is 6.92 Å². The molecule has 1 aliphatic carbocycles. The molecule has 0 unspecified atom stereocenters. The van der Waals surface area contributed by atoms with E-state index in [1.54, 1.807) is 11.3 Å². The van der Waals surface area contributed by atoms with Gasteiger partial charge in [0.05, 0.1) is 16.7 Å². The number of rotatable bonds is 1. The maximum Gasteiger partial charge on any atom is 0.206 e. The minimum atomic E-state index is 0.602. The van der Waals surface area contributed by atoms with Gasteiger partial charge in [-0.1, -0.05) is 30.3 Å². The van der Waals surface area contributed by atoms with Gasteiger partial charge >= 0.3 is 0 Å². The van der Waals surface area contributed by atoms with Crippen LogP contribution in [0.2, 0.25) is 0 Å². The average molecular weight is 352 g/mol. The van der Waals surface area contributed by atoms with Crippen molar-refractivity contribution in [1.29, 1.82) is 5.26 Å². The van der Waals surface area contributed by atoms with Crippen molar-refractivity contribution >= 4 is 28.1 Å². The van der Waals surface area contributed by atoms with Gasteiger partial charge in [-0.15, -0.1) is 11.3 Å². The van der Waals surface area contributed by atoms with E-state index in [0.29, 0.717) is 11.4 Å². The van der Waals surface area contributed by atoms with Crippen LogP contribution < -0.4 is 0 Å². The monoisotopic (exact) mass is 352 g/mol. The van der Waals surface area contributed by atoms with Gasteiger partial charge in [0.15, 0.2) is 0 Å². The van der Waals surface area contributed by atoms with E-state index in [9.17, 15) is 0 Å². The maximum atomic E-state index is 9.07. The summed E-state index contributed by atoms with van der Waals surface area (Å²) in [5, 5.41) is 9.07. The number of benzene rings is 2. The van der Waals surface area contributed by atoms with Crippen LogP contribution in [0.4, 0.5) is 0 Å². The molecule has 26 heavy (non-hydrogen) atoms. The Kier molecular flexibility index (Phi) is 3.21. The van der Waals surface area contributed by atoms with Gasteiger partial charge in [-0.3, -0.25) is 0 Å². The summed E-state index contributed by atoms with van der Waals surface area (Å²) in [6, 6.07) is 18.3. The minimum absolute atomic E-state index is 0.602. The molecule has 5 rings (SSSR count). The first kappa shape index (κ1) is 14.9. The van der Waals surface area contributed by atoms with Crippen molar-refractivity contribution in [1.82, 2.24) is 9.97 Å². The molecule has 1 aliphatic rings. The lowest BCUT2D eigenvalue weighted by molar-refractivity contribution is 1.28. The number of nitriles is 1. The smallest absolute Gasteiger partial charge is 0.206 e. The molecule has 0 spiro atoms. The van der Waals surface area contributed by atoms with E-state index in [2.05, 4.69) is 36.2 Å². The maximum absolute atomic E-state index is 9.07. The van der Waals surface area contributed by atoms with Gasteiger partial charge in [-0.05, 0) is 36.8 Å². The molecule has 2 aromatic heterocycles. The Labute approximate surface area is 154 Å². The summed E-state index contributed by atoms with van der Waals surface area (Å²) in [4.78, 5) is 16.2. The number of thiophene rings is 1. The van der Waals surface area contributed by atoms with Crippen molar-refractivity contribution in [3.63, 3.8) is 0 Å². The van der Waals surface area contributed by atoms with E-state index in [0.717, 1.165) is 33.4 Å². The van der Waals surface area contributed by atoms with E-state index in [1.807, 2.05) is 36.5 Å². The summed E-state index contributed by atoms with van der Waals surface area (Å²) in [5.41, 5.74) is 6.75. The number of hydrogen-bond donors (Lipinski definition) is 0. The van der Waals surface area contributed by atoms with Crippen molar-refractivity contribution in [2.24, 2.45) is 4.99 Å². The largest absolute Gasteiger partial charge is 0.244 e. The summed E-state index contributed by atoms with van der Waals surface area (Å²) < 4.78 is 0. The Morgan fingerprint density at radius 1 is 0.923 bits per heavy atom. The molecule has 4 aromatic rings. The van der Waals surface area contributed by atoms with Gasteiger partial charge in [-0.2, -0.15) is 10.3 Å². The highest BCUT2D eigenvalue weighted by molar-refractivity contribution is 7.15. The van der Waals surface area contributed by atoms with Crippen LogP contribution in [0.5, 0.6) is 0 Å². The quantitative estimate of drug-likeness (QED) is 0.400. The fourth-order valence-corrected chi connectivity index (χ4v) is 4.20. The third-order valence-corrected chi connectivity index (χ3v) is 5.56. The van der Waals surface area contributed by atoms with Crippen LogP contribution in [0.15, 0.2) is 59.6 Å². The molecule has 2 aromatic carbocycles. The SMILES string of the molecule is Cc1ccc(-c2ccc3nc4c(nc3c2)-c2ccccc2/C4=N\C#N)s1. The second-order valence-electron chi connectivity index (χ2n) is 6.14. The Morgan fingerprint density at radius 2 is 1.73 bits per heavy atom. The number of nitrogens with zero attached hydrogens (tertiary/aromatic N) is 4. The third kappa shape index (κ3) is 2.17. The average Bonchev–Trinajstić information content (AvgIpc) is 3.22. The Hall–Kier alpha value is -3.36. The topological polar surface area (TPSA) is 61.9 Å². The lowest BCUT2D eigenvalue weighted by Gasteiger charge is -2.04. The Bertz CT molecular complexity index is 1260. The van der Waals surface area contributed by atoms with Crippen LogP contribution >= 0.6 is 11.3 Å². The van der Waals surface area contributed by atoms with Gasteiger partial charge in [0, 0.05) is 20.9 Å². The molecule has 4 nitrogen and oxygen atoms in total. The van der Waals surface area contributed by atoms with Crippen molar-refractivity contribution in [2.75, 3.05) is 0 Å². The Morgan fingerprint density at radius 3 is 2.50 bits per heavy atom. The molecule has 0 fully saturated rings. The molecule has 0 N–H and O–H groups in total. The first-order valence-electron chi connectivity index (χ1n) is 8.20. The molecule has 2 heterocycles. The lowest BCUT2D eigenvalue weighted by Crippen LogP contribution is -2.01. The molecule has 0 atom stereocenters. The molecule has 5 heteroatoms. The fourth-order valence-electron chi connectivity index (χ4n) is 3.34. The first-order valence-corrected chi connectivity index (χ1v) is 9.02. The summed E-state index contributed by atoms with van der Waals surface area (Å²) in [5.74, 6) is 0. The minimum Gasteiger partial charge on any atom is -0.244 e. The highest BCUT2D eigenvalue weighted by Gasteiger charge is 2.28. The molecule has 0 bridgehead atoms. The van der Waals surface area contributed by atoms with Gasteiger partial charge in [0.25, 0.3) is 0 Å². The molecule has 0 saturated carbocycles. The standard InChI is InChI=1S/C21H12N4S/c1-12-6-9-18(26-12)13-7-8-16-17(10-13)25-20-15-5-3-2-4-14(15)19(23-11-22)21(20)24-16/h2-10H,1H3/b23-19+. The van der Waals surface area contributed by atoms with E-state index in [-0.39, 0.29) is 0 Å². The van der Waals surface area contributed by atoms with Crippen LogP contribution in [0, 0.1) is 18.4 Å². The predicted molar refractivity (Wildman–Crippen MR) is 104 cm³/mol. The number of aromatic nitrogens is 2. The zero-order chi connectivity index (χ0) is 17.7. The molecule has 0 saturated heterocycles. The van der Waals surface area contributed by atoms with Crippen molar-refractivity contribution in [3.05, 3.63) is 70.7 Å². The fraction of sp³-hybridized carbons (Fsp3) is 0.0476. The van der Waals surface area contributed by atoms with Crippen LogP contribution in [0.25, 0.3) is 32.7 Å². The molecule has 0 amide bonds. The summed E-state index contributed by atoms with van der Waals surface area (Å²) in [6.07, 6.45) is 1.89. The summed E-state index contributed by atoms with van der Waals surface area (Å²) in [7, 11) is 0. The van der Waals surface area contributed by atoms with Gasteiger partial charge in [-0.25, -0.2) is 9.97 Å². The van der Waals surface area contributed by atoms with E-state index < -0.39 is 0 Å². The second kappa shape index (κ2) is 5.58. The molecular formula is C21H12N4S. The van der Waals surface area contributed by atoms with E-state index >= 15 is 0 Å².